The Morgan fingerprint density at radius 1 is 0.629 bits per heavy atom. The molecule has 4 aromatic carbocycles. The number of halogens is 5. The molecule has 0 aliphatic rings. The molecule has 0 aliphatic carbocycles. The highest BCUT2D eigenvalue weighted by Gasteiger charge is 2.13. The lowest BCUT2D eigenvalue weighted by Crippen LogP contribution is -1.98. The molecular weight excluding hydrogens is 455 g/mol. The van der Waals surface area contributed by atoms with Crippen LogP contribution in [0.1, 0.15) is 47.6 Å². The first-order valence-electron chi connectivity index (χ1n) is 11.5. The van der Waals surface area contributed by atoms with E-state index >= 15 is 0 Å². The topological polar surface area (TPSA) is 0 Å². The maximum atomic E-state index is 14.6. The first kappa shape index (κ1) is 24.5. The standard InChI is InChI=1S/C30H23F5/c1-2-3-4-19-5-10-22(26(31)16-19)12-7-21-8-13-23(27(32)17-21)11-6-20-9-14-25-24(15-20)18-28(33)30(35)29(25)34/h5,8-10,13-18H,2-4,7,12H2,1H3. The van der Waals surface area contributed by atoms with E-state index in [2.05, 4.69) is 18.8 Å². The predicted octanol–water partition coefficient (Wildman–Crippen LogP) is 8.06. The van der Waals surface area contributed by atoms with E-state index in [4.69, 9.17) is 0 Å². The Morgan fingerprint density at radius 3 is 2.11 bits per heavy atom. The van der Waals surface area contributed by atoms with Crippen molar-refractivity contribution in [2.75, 3.05) is 0 Å². The largest absolute Gasteiger partial charge is 0.207 e. The van der Waals surface area contributed by atoms with Gasteiger partial charge in [0.15, 0.2) is 17.5 Å². The van der Waals surface area contributed by atoms with Crippen LogP contribution in [0.3, 0.4) is 0 Å². The van der Waals surface area contributed by atoms with Crippen LogP contribution in [0, 0.1) is 40.9 Å². The highest BCUT2D eigenvalue weighted by molar-refractivity contribution is 5.84. The molecule has 0 aliphatic heterocycles. The van der Waals surface area contributed by atoms with Crippen molar-refractivity contribution < 1.29 is 22.0 Å². The van der Waals surface area contributed by atoms with Crippen molar-refractivity contribution >= 4 is 10.8 Å². The number of aryl methyl sites for hydroxylation is 3. The summed E-state index contributed by atoms with van der Waals surface area (Å²) in [5, 5.41) is 0.103. The van der Waals surface area contributed by atoms with Gasteiger partial charge in [0.1, 0.15) is 11.6 Å². The number of rotatable bonds is 6. The zero-order chi connectivity index (χ0) is 24.9. The predicted molar refractivity (Wildman–Crippen MR) is 129 cm³/mol. The SMILES string of the molecule is CCCCc1ccc(CCc2ccc(C#Cc3ccc4c(F)c(F)c(F)cc4c3)c(F)c2)c(F)c1. The molecule has 0 atom stereocenters. The third-order valence-corrected chi connectivity index (χ3v) is 5.97. The van der Waals surface area contributed by atoms with Crippen LogP contribution in [0.4, 0.5) is 22.0 Å². The van der Waals surface area contributed by atoms with E-state index < -0.39 is 23.3 Å². The fourth-order valence-corrected chi connectivity index (χ4v) is 3.95. The molecule has 4 rings (SSSR count). The summed E-state index contributed by atoms with van der Waals surface area (Å²) < 4.78 is 69.8. The van der Waals surface area contributed by atoms with Crippen LogP contribution >= 0.6 is 0 Å². The molecule has 0 amide bonds. The lowest BCUT2D eigenvalue weighted by atomic mass is 10.00. The van der Waals surface area contributed by atoms with Crippen molar-refractivity contribution in [2.45, 2.75) is 39.0 Å². The lowest BCUT2D eigenvalue weighted by molar-refractivity contribution is 0.453. The first-order valence-corrected chi connectivity index (χ1v) is 11.5. The summed E-state index contributed by atoms with van der Waals surface area (Å²) in [6.07, 6.45) is 3.86. The van der Waals surface area contributed by atoms with Crippen LogP contribution in [0.5, 0.6) is 0 Å². The molecule has 0 fully saturated rings. The van der Waals surface area contributed by atoms with Gasteiger partial charge < -0.3 is 0 Å². The van der Waals surface area contributed by atoms with E-state index in [0.29, 0.717) is 24.0 Å². The number of hydrogen-bond donors (Lipinski definition) is 0. The minimum Gasteiger partial charge on any atom is -0.207 e. The summed E-state index contributed by atoms with van der Waals surface area (Å²) in [4.78, 5) is 0. The molecule has 178 valence electrons. The monoisotopic (exact) mass is 478 g/mol. The van der Waals surface area contributed by atoms with Crippen LogP contribution in [0.15, 0.2) is 60.7 Å². The van der Waals surface area contributed by atoms with Crippen LogP contribution in [-0.2, 0) is 19.3 Å². The minimum atomic E-state index is -1.52. The van der Waals surface area contributed by atoms with Crippen molar-refractivity contribution in [1.29, 1.82) is 0 Å². The van der Waals surface area contributed by atoms with Crippen molar-refractivity contribution in [1.82, 2.24) is 0 Å². The van der Waals surface area contributed by atoms with Gasteiger partial charge in [0.2, 0.25) is 0 Å². The molecule has 35 heavy (non-hydrogen) atoms. The number of fused-ring (bicyclic) bond motifs is 1. The summed E-state index contributed by atoms with van der Waals surface area (Å²) in [6, 6.07) is 15.1. The smallest absolute Gasteiger partial charge is 0.195 e. The van der Waals surface area contributed by atoms with Crippen LogP contribution in [0.25, 0.3) is 10.8 Å². The average Bonchev–Trinajstić information content (AvgIpc) is 2.85. The van der Waals surface area contributed by atoms with Gasteiger partial charge in [-0.2, -0.15) is 0 Å². The van der Waals surface area contributed by atoms with Crippen molar-refractivity contribution in [3.05, 3.63) is 118 Å². The van der Waals surface area contributed by atoms with Crippen LogP contribution in [-0.4, -0.2) is 0 Å². The maximum Gasteiger partial charge on any atom is 0.195 e. The summed E-state index contributed by atoms with van der Waals surface area (Å²) in [5.74, 6) is 0.687. The Balaban J connectivity index is 1.46. The van der Waals surface area contributed by atoms with Gasteiger partial charge in [-0.05, 0) is 84.2 Å². The van der Waals surface area contributed by atoms with Gasteiger partial charge in [-0.25, -0.2) is 22.0 Å². The molecule has 0 aromatic heterocycles. The zero-order valence-corrected chi connectivity index (χ0v) is 19.2. The molecule has 0 radical (unpaired) electrons. The van der Waals surface area contributed by atoms with E-state index in [9.17, 15) is 22.0 Å². The second kappa shape index (κ2) is 10.7. The maximum absolute atomic E-state index is 14.6. The van der Waals surface area contributed by atoms with E-state index in [1.54, 1.807) is 24.3 Å². The normalized spacial score (nSPS) is 10.9. The molecule has 5 heteroatoms. The minimum absolute atomic E-state index is 0.0583. The molecule has 0 spiro atoms. The van der Waals surface area contributed by atoms with E-state index in [1.807, 2.05) is 6.07 Å². The Labute approximate surface area is 201 Å². The van der Waals surface area contributed by atoms with Gasteiger partial charge in [-0.3, -0.25) is 0 Å². The molecular formula is C30H23F5. The number of hydrogen-bond acceptors (Lipinski definition) is 0. The average molecular weight is 479 g/mol. The summed E-state index contributed by atoms with van der Waals surface area (Å²) >= 11 is 0. The molecule has 0 bridgehead atoms. The van der Waals surface area contributed by atoms with Crippen molar-refractivity contribution in [3.63, 3.8) is 0 Å². The fraction of sp³-hybridized carbons (Fsp3) is 0.200. The highest BCUT2D eigenvalue weighted by Crippen LogP contribution is 2.24. The zero-order valence-electron chi connectivity index (χ0n) is 19.2. The summed E-state index contributed by atoms with van der Waals surface area (Å²) in [5.41, 5.74) is 2.87. The fourth-order valence-electron chi connectivity index (χ4n) is 3.95. The molecule has 0 saturated heterocycles. The Hall–Kier alpha value is -3.65. The van der Waals surface area contributed by atoms with Crippen molar-refractivity contribution in [2.24, 2.45) is 0 Å². The highest BCUT2D eigenvalue weighted by atomic mass is 19.2. The van der Waals surface area contributed by atoms with Gasteiger partial charge >= 0.3 is 0 Å². The molecule has 0 heterocycles. The van der Waals surface area contributed by atoms with Crippen molar-refractivity contribution in [3.8, 4) is 11.8 Å². The third kappa shape index (κ3) is 5.71. The number of benzene rings is 4. The Bertz CT molecular complexity index is 1440. The Kier molecular flexibility index (Phi) is 7.51. The van der Waals surface area contributed by atoms with Crippen LogP contribution < -0.4 is 0 Å². The molecule has 0 saturated carbocycles. The second-order valence-corrected chi connectivity index (χ2v) is 8.52. The van der Waals surface area contributed by atoms with E-state index in [1.165, 1.54) is 24.3 Å². The van der Waals surface area contributed by atoms with E-state index in [-0.39, 0.29) is 22.2 Å². The van der Waals surface area contributed by atoms with Gasteiger partial charge in [-0.1, -0.05) is 49.5 Å². The quantitative estimate of drug-likeness (QED) is 0.149. The Morgan fingerprint density at radius 2 is 1.37 bits per heavy atom. The van der Waals surface area contributed by atoms with Gasteiger partial charge in [0.25, 0.3) is 0 Å². The molecule has 0 N–H and O–H groups in total. The summed E-state index contributed by atoms with van der Waals surface area (Å²) in [6.45, 7) is 2.10. The molecule has 0 nitrogen and oxygen atoms in total. The number of unbranched alkanes of at least 4 members (excludes halogenated alkanes) is 1. The third-order valence-electron chi connectivity index (χ3n) is 5.97. The molecule has 0 unspecified atom stereocenters. The molecule has 4 aromatic rings. The first-order chi connectivity index (χ1) is 16.9. The lowest BCUT2D eigenvalue weighted by Gasteiger charge is -2.07. The second-order valence-electron chi connectivity index (χ2n) is 8.52. The van der Waals surface area contributed by atoms with E-state index in [0.717, 1.165) is 36.5 Å². The van der Waals surface area contributed by atoms with Gasteiger partial charge in [0, 0.05) is 10.9 Å². The van der Waals surface area contributed by atoms with Gasteiger partial charge in [0.05, 0.1) is 5.56 Å². The van der Waals surface area contributed by atoms with Crippen LogP contribution in [0.2, 0.25) is 0 Å². The van der Waals surface area contributed by atoms with Gasteiger partial charge in [-0.15, -0.1) is 0 Å². The summed E-state index contributed by atoms with van der Waals surface area (Å²) in [7, 11) is 0.